The molecule has 1 saturated carbocycles. The Bertz CT molecular complexity index is 3040. The fourth-order valence-electron chi connectivity index (χ4n) is 11.9. The predicted molar refractivity (Wildman–Crippen MR) is 236 cm³/mol. The lowest BCUT2D eigenvalue weighted by Gasteiger charge is -2.21. The molecule has 8 aromatic carbocycles. The summed E-state index contributed by atoms with van der Waals surface area (Å²) in [6.07, 6.45) is 12.6. The zero-order chi connectivity index (χ0) is 36.7. The van der Waals surface area contributed by atoms with E-state index in [0.717, 1.165) is 0 Å². The van der Waals surface area contributed by atoms with Crippen LogP contribution < -0.4 is 0 Å². The van der Waals surface area contributed by atoms with Gasteiger partial charge in [0.05, 0.1) is 0 Å². The van der Waals surface area contributed by atoms with Crippen molar-refractivity contribution in [2.24, 2.45) is 11.8 Å². The lowest BCUT2D eigenvalue weighted by molar-refractivity contribution is 0.479. The minimum Gasteiger partial charge on any atom is -0.0814 e. The zero-order valence-electron chi connectivity index (χ0n) is 32.2. The van der Waals surface area contributed by atoms with E-state index in [9.17, 15) is 0 Å². The fourth-order valence-corrected chi connectivity index (χ4v) is 11.9. The van der Waals surface area contributed by atoms with Crippen LogP contribution in [-0.4, -0.2) is 0 Å². The van der Waals surface area contributed by atoms with Gasteiger partial charge in [0.25, 0.3) is 0 Å². The number of fused-ring (bicyclic) bond motifs is 12. The quantitative estimate of drug-likeness (QED) is 0.157. The molecular weight excluding hydrogens is 661 g/mol. The van der Waals surface area contributed by atoms with Gasteiger partial charge in [0.2, 0.25) is 0 Å². The third-order valence-corrected chi connectivity index (χ3v) is 14.3. The number of benzene rings is 8. The van der Waals surface area contributed by atoms with Crippen molar-refractivity contribution in [3.05, 3.63) is 161 Å². The Morgan fingerprint density at radius 2 is 0.964 bits per heavy atom. The van der Waals surface area contributed by atoms with Gasteiger partial charge in [0, 0.05) is 0 Å². The first-order chi connectivity index (χ1) is 26.9. The van der Waals surface area contributed by atoms with Crippen molar-refractivity contribution in [2.45, 2.75) is 59.3 Å². The predicted octanol–water partition coefficient (Wildman–Crippen LogP) is 15.4. The Labute approximate surface area is 323 Å². The number of aryl methyl sites for hydroxylation is 4. The minimum absolute atomic E-state index is 0.593. The standard InChI is InChI=1S/C55H44/c1-30-11-5-12-31(2)53(30)51-29-48-46-26-43-38-21-9-17-35-18-10-22-39(55(35)38)44(43)27-50(46)52(54-32(3)13-6-14-33(54)4)28-47(48)45-24-41-36-19-7-15-34-16-8-20-37(40(36)23-34)42(41)25-49(45)51/h5-6,8-14,16-18,20-22,24-29,34,36,40H,7,15,19,23H2,1-4H3. The Kier molecular flexibility index (Phi) is 6.55. The summed E-state index contributed by atoms with van der Waals surface area (Å²) < 4.78 is 0. The molecule has 0 nitrogen and oxygen atoms in total. The van der Waals surface area contributed by atoms with Crippen LogP contribution >= 0.6 is 0 Å². The largest absolute Gasteiger partial charge is 0.0814 e. The second-order valence-electron chi connectivity index (χ2n) is 17.3. The van der Waals surface area contributed by atoms with Gasteiger partial charge in [-0.1, -0.05) is 97.4 Å². The van der Waals surface area contributed by atoms with Crippen molar-refractivity contribution in [3.63, 3.8) is 0 Å². The van der Waals surface area contributed by atoms with Gasteiger partial charge in [-0.25, -0.2) is 0 Å². The van der Waals surface area contributed by atoms with E-state index in [-0.39, 0.29) is 0 Å². The maximum atomic E-state index is 2.68. The lowest BCUT2D eigenvalue weighted by atomic mass is 9.82. The highest BCUT2D eigenvalue weighted by Crippen LogP contribution is 2.57. The van der Waals surface area contributed by atoms with Crippen molar-refractivity contribution in [3.8, 4) is 44.5 Å². The Hall–Kier alpha value is -5.72. The maximum Gasteiger partial charge on any atom is -0.00264 e. The molecule has 0 amide bonds. The van der Waals surface area contributed by atoms with Crippen molar-refractivity contribution >= 4 is 48.7 Å². The molecule has 0 saturated heterocycles. The minimum atomic E-state index is 0.593. The highest BCUT2D eigenvalue weighted by atomic mass is 14.4. The summed E-state index contributed by atoms with van der Waals surface area (Å²) in [5.41, 5.74) is 20.9. The highest BCUT2D eigenvalue weighted by molar-refractivity contribution is 6.27. The van der Waals surface area contributed by atoms with Crippen LogP contribution in [0, 0.1) is 39.5 Å². The summed E-state index contributed by atoms with van der Waals surface area (Å²) in [7, 11) is 0. The van der Waals surface area contributed by atoms with Gasteiger partial charge in [-0.2, -0.15) is 0 Å². The molecule has 4 aliphatic carbocycles. The second-order valence-corrected chi connectivity index (χ2v) is 17.3. The van der Waals surface area contributed by atoms with Gasteiger partial charge in [0.15, 0.2) is 0 Å². The number of rotatable bonds is 2. The second kappa shape index (κ2) is 11.4. The van der Waals surface area contributed by atoms with E-state index in [1.54, 1.807) is 11.1 Å². The molecule has 55 heavy (non-hydrogen) atoms. The van der Waals surface area contributed by atoms with Crippen LogP contribution in [0.3, 0.4) is 0 Å². The number of allylic oxidation sites excluding steroid dienone is 4. The molecule has 3 atom stereocenters. The van der Waals surface area contributed by atoms with E-state index in [4.69, 9.17) is 0 Å². The molecule has 0 heterocycles. The van der Waals surface area contributed by atoms with E-state index < -0.39 is 0 Å². The van der Waals surface area contributed by atoms with Gasteiger partial charge in [0.1, 0.15) is 0 Å². The van der Waals surface area contributed by atoms with Crippen LogP contribution in [0.4, 0.5) is 0 Å². The number of hydrogen-bond donors (Lipinski definition) is 0. The molecule has 0 spiro atoms. The van der Waals surface area contributed by atoms with Crippen molar-refractivity contribution in [2.75, 3.05) is 0 Å². The molecular formula is C55H44. The summed E-state index contributed by atoms with van der Waals surface area (Å²) in [5.74, 6) is 1.90. The SMILES string of the molecule is Cc1cccc(C)c1-c1cc2c3cc4c(cc3c(-c3c(C)cccc3C)cc2c2cc3c(cc12)-c1cccc2cccc-3c12)C1=CC=CC2CCCC4C1C2. The molecule has 0 N–H and O–H groups in total. The van der Waals surface area contributed by atoms with Crippen LogP contribution in [0.2, 0.25) is 0 Å². The van der Waals surface area contributed by atoms with Crippen LogP contribution in [-0.2, 0) is 0 Å². The van der Waals surface area contributed by atoms with Crippen LogP contribution in [0.5, 0.6) is 0 Å². The van der Waals surface area contributed by atoms with Crippen molar-refractivity contribution < 1.29 is 0 Å². The third-order valence-electron chi connectivity index (χ3n) is 14.3. The maximum absolute atomic E-state index is 2.68. The van der Waals surface area contributed by atoms with Gasteiger partial charge < -0.3 is 0 Å². The van der Waals surface area contributed by atoms with E-state index in [1.165, 1.54) is 141 Å². The smallest absolute Gasteiger partial charge is 0.00264 e. The average molecular weight is 705 g/mol. The normalized spacial score (nSPS) is 19.2. The van der Waals surface area contributed by atoms with Crippen LogP contribution in [0.25, 0.3) is 93.2 Å². The van der Waals surface area contributed by atoms with Gasteiger partial charge in [-0.3, -0.25) is 0 Å². The lowest BCUT2D eigenvalue weighted by Crippen LogP contribution is -2.07. The van der Waals surface area contributed by atoms with Gasteiger partial charge in [-0.15, -0.1) is 0 Å². The molecule has 0 radical (unpaired) electrons. The Balaban J connectivity index is 1.27. The monoisotopic (exact) mass is 704 g/mol. The van der Waals surface area contributed by atoms with Gasteiger partial charge in [-0.05, 0) is 228 Å². The Morgan fingerprint density at radius 3 is 1.58 bits per heavy atom. The van der Waals surface area contributed by atoms with E-state index in [1.807, 2.05) is 0 Å². The Morgan fingerprint density at radius 1 is 0.455 bits per heavy atom. The molecule has 2 bridgehead atoms. The van der Waals surface area contributed by atoms with Crippen molar-refractivity contribution in [1.82, 2.24) is 0 Å². The molecule has 3 unspecified atom stereocenters. The summed E-state index contributed by atoms with van der Waals surface area (Å²) in [6.45, 7) is 9.19. The fraction of sp³-hybridized carbons (Fsp3) is 0.200. The molecule has 0 aliphatic heterocycles. The average Bonchev–Trinajstić information content (AvgIpc) is 3.41. The summed E-state index contributed by atoms with van der Waals surface area (Å²) in [6, 6.07) is 42.9. The van der Waals surface area contributed by atoms with Crippen molar-refractivity contribution in [1.29, 1.82) is 0 Å². The number of hydrogen-bond acceptors (Lipinski definition) is 0. The molecule has 0 aromatic heterocycles. The summed E-state index contributed by atoms with van der Waals surface area (Å²) in [4.78, 5) is 0. The van der Waals surface area contributed by atoms with E-state index in [2.05, 4.69) is 155 Å². The highest BCUT2D eigenvalue weighted by Gasteiger charge is 2.40. The molecule has 0 heteroatoms. The van der Waals surface area contributed by atoms with E-state index in [0.29, 0.717) is 17.8 Å². The van der Waals surface area contributed by atoms with Crippen LogP contribution in [0.1, 0.15) is 65.0 Å². The molecule has 12 rings (SSSR count). The van der Waals surface area contributed by atoms with Gasteiger partial charge >= 0.3 is 0 Å². The first-order valence-corrected chi connectivity index (χ1v) is 20.5. The molecule has 4 aliphatic rings. The summed E-state index contributed by atoms with van der Waals surface area (Å²) in [5, 5.41) is 10.9. The molecule has 264 valence electrons. The topological polar surface area (TPSA) is 0 Å². The zero-order valence-corrected chi connectivity index (χ0v) is 32.2. The third kappa shape index (κ3) is 4.34. The van der Waals surface area contributed by atoms with Crippen LogP contribution in [0.15, 0.2) is 127 Å². The summed E-state index contributed by atoms with van der Waals surface area (Å²) >= 11 is 0. The molecule has 1 fully saturated rings. The first kappa shape index (κ1) is 31.6. The molecule has 8 aromatic rings. The first-order valence-electron chi connectivity index (χ1n) is 20.5. The van der Waals surface area contributed by atoms with E-state index >= 15 is 0 Å².